The van der Waals surface area contributed by atoms with Gasteiger partial charge in [0.1, 0.15) is 0 Å². The zero-order chi connectivity index (χ0) is 11.5. The number of aromatic nitrogens is 1. The van der Waals surface area contributed by atoms with Crippen molar-refractivity contribution < 1.29 is 5.11 Å². The third-order valence-corrected chi connectivity index (χ3v) is 3.33. The van der Waals surface area contributed by atoms with Crippen molar-refractivity contribution in [2.75, 3.05) is 0 Å². The molecule has 1 N–H and O–H groups in total. The standard InChI is InChI=1S/C13H19NO2/c1-2-3-7-14-12-6-4-5-10(12)8-11(9-15)13(14)16/h8,15H,2-7,9H2,1H3. The average Bonchev–Trinajstić information content (AvgIpc) is 2.75. The first kappa shape index (κ1) is 11.4. The summed E-state index contributed by atoms with van der Waals surface area (Å²) in [5.41, 5.74) is 3.03. The van der Waals surface area contributed by atoms with Gasteiger partial charge in [0.15, 0.2) is 0 Å². The molecular formula is C13H19NO2. The third kappa shape index (κ3) is 1.92. The minimum Gasteiger partial charge on any atom is -0.391 e. The number of aliphatic hydroxyl groups is 1. The number of nitrogens with zero attached hydrogens (tertiary/aromatic N) is 1. The molecule has 1 aromatic heterocycles. The number of hydrogen-bond donors (Lipinski definition) is 1. The topological polar surface area (TPSA) is 42.2 Å². The molecule has 0 amide bonds. The van der Waals surface area contributed by atoms with Crippen LogP contribution in [0.5, 0.6) is 0 Å². The van der Waals surface area contributed by atoms with Gasteiger partial charge in [0, 0.05) is 17.8 Å². The van der Waals surface area contributed by atoms with E-state index in [9.17, 15) is 9.90 Å². The molecule has 0 fully saturated rings. The Bertz CT molecular complexity index is 434. The fourth-order valence-corrected chi connectivity index (χ4v) is 2.45. The van der Waals surface area contributed by atoms with Crippen LogP contribution in [0.4, 0.5) is 0 Å². The van der Waals surface area contributed by atoms with E-state index in [0.29, 0.717) is 5.56 Å². The first-order chi connectivity index (χ1) is 7.77. The Kier molecular flexibility index (Phi) is 3.44. The van der Waals surface area contributed by atoms with E-state index in [1.54, 1.807) is 0 Å². The predicted molar refractivity (Wildman–Crippen MR) is 63.6 cm³/mol. The number of fused-ring (bicyclic) bond motifs is 1. The van der Waals surface area contributed by atoms with Crippen LogP contribution in [0.2, 0.25) is 0 Å². The summed E-state index contributed by atoms with van der Waals surface area (Å²) >= 11 is 0. The molecule has 1 aliphatic rings. The summed E-state index contributed by atoms with van der Waals surface area (Å²) in [5.74, 6) is 0. The first-order valence-corrected chi connectivity index (χ1v) is 6.13. The summed E-state index contributed by atoms with van der Waals surface area (Å²) in [5, 5.41) is 9.19. The molecule has 0 atom stereocenters. The van der Waals surface area contributed by atoms with Crippen molar-refractivity contribution in [1.29, 1.82) is 0 Å². The molecule has 88 valence electrons. The Morgan fingerprint density at radius 3 is 2.94 bits per heavy atom. The van der Waals surface area contributed by atoms with Crippen molar-refractivity contribution in [2.24, 2.45) is 0 Å². The molecule has 16 heavy (non-hydrogen) atoms. The zero-order valence-electron chi connectivity index (χ0n) is 9.83. The lowest BCUT2D eigenvalue weighted by Gasteiger charge is -2.13. The van der Waals surface area contributed by atoms with Crippen molar-refractivity contribution in [3.8, 4) is 0 Å². The van der Waals surface area contributed by atoms with Gasteiger partial charge in [-0.05, 0) is 37.3 Å². The van der Waals surface area contributed by atoms with Crippen molar-refractivity contribution in [2.45, 2.75) is 52.2 Å². The number of pyridine rings is 1. The normalized spacial score (nSPS) is 14.1. The number of hydrogen-bond acceptors (Lipinski definition) is 2. The van der Waals surface area contributed by atoms with Crippen LogP contribution in [-0.4, -0.2) is 9.67 Å². The minimum atomic E-state index is -0.141. The van der Waals surface area contributed by atoms with Crippen molar-refractivity contribution in [3.63, 3.8) is 0 Å². The second-order valence-electron chi connectivity index (χ2n) is 4.46. The fraction of sp³-hybridized carbons (Fsp3) is 0.615. The largest absolute Gasteiger partial charge is 0.391 e. The summed E-state index contributed by atoms with van der Waals surface area (Å²) in [6.45, 7) is 2.78. The maximum absolute atomic E-state index is 12.1. The highest BCUT2D eigenvalue weighted by Crippen LogP contribution is 2.21. The van der Waals surface area contributed by atoms with E-state index in [1.165, 1.54) is 11.3 Å². The van der Waals surface area contributed by atoms with Gasteiger partial charge in [-0.3, -0.25) is 4.79 Å². The Morgan fingerprint density at radius 2 is 2.25 bits per heavy atom. The van der Waals surface area contributed by atoms with Gasteiger partial charge in [0.05, 0.1) is 6.61 Å². The molecule has 1 aliphatic carbocycles. The fourth-order valence-electron chi connectivity index (χ4n) is 2.45. The Morgan fingerprint density at radius 1 is 1.44 bits per heavy atom. The molecule has 0 unspecified atom stereocenters. The van der Waals surface area contributed by atoms with E-state index >= 15 is 0 Å². The van der Waals surface area contributed by atoms with Crippen LogP contribution in [0.1, 0.15) is 43.0 Å². The van der Waals surface area contributed by atoms with Gasteiger partial charge in [0.2, 0.25) is 0 Å². The minimum absolute atomic E-state index is 0.0107. The van der Waals surface area contributed by atoms with E-state index < -0.39 is 0 Å². The van der Waals surface area contributed by atoms with Gasteiger partial charge >= 0.3 is 0 Å². The number of aryl methyl sites for hydroxylation is 1. The second kappa shape index (κ2) is 4.83. The highest BCUT2D eigenvalue weighted by molar-refractivity contribution is 5.30. The predicted octanol–water partition coefficient (Wildman–Crippen LogP) is 1.63. The van der Waals surface area contributed by atoms with E-state index in [4.69, 9.17) is 0 Å². The number of aliphatic hydroxyl groups excluding tert-OH is 1. The molecular weight excluding hydrogens is 202 g/mol. The van der Waals surface area contributed by atoms with E-state index in [2.05, 4.69) is 6.92 Å². The summed E-state index contributed by atoms with van der Waals surface area (Å²) in [7, 11) is 0. The molecule has 3 heteroatoms. The van der Waals surface area contributed by atoms with Gasteiger partial charge in [-0.25, -0.2) is 0 Å². The lowest BCUT2D eigenvalue weighted by molar-refractivity contribution is 0.278. The molecule has 1 heterocycles. The van der Waals surface area contributed by atoms with Gasteiger partial charge in [0.25, 0.3) is 5.56 Å². The van der Waals surface area contributed by atoms with Crippen molar-refractivity contribution >= 4 is 0 Å². The molecule has 0 aromatic carbocycles. The summed E-state index contributed by atoms with van der Waals surface area (Å²) in [6, 6.07) is 1.90. The van der Waals surface area contributed by atoms with Crippen molar-refractivity contribution in [3.05, 3.63) is 33.2 Å². The van der Waals surface area contributed by atoms with Crippen LogP contribution in [0.25, 0.3) is 0 Å². The molecule has 0 saturated heterocycles. The summed E-state index contributed by atoms with van der Waals surface area (Å²) in [4.78, 5) is 12.1. The SMILES string of the molecule is CCCCn1c2c(cc(CO)c1=O)CCC2. The Labute approximate surface area is 95.7 Å². The van der Waals surface area contributed by atoms with Gasteiger partial charge < -0.3 is 9.67 Å². The van der Waals surface area contributed by atoms with Crippen LogP contribution >= 0.6 is 0 Å². The highest BCUT2D eigenvalue weighted by Gasteiger charge is 2.18. The number of unbranched alkanes of at least 4 members (excludes halogenated alkanes) is 1. The molecule has 0 aliphatic heterocycles. The van der Waals surface area contributed by atoms with Crippen LogP contribution in [0.15, 0.2) is 10.9 Å². The lowest BCUT2D eigenvalue weighted by Crippen LogP contribution is -2.27. The zero-order valence-corrected chi connectivity index (χ0v) is 9.83. The third-order valence-electron chi connectivity index (χ3n) is 3.33. The summed E-state index contributed by atoms with van der Waals surface area (Å²) < 4.78 is 1.89. The van der Waals surface area contributed by atoms with E-state index in [1.807, 2.05) is 10.6 Å². The lowest BCUT2D eigenvalue weighted by atomic mass is 10.1. The molecule has 2 rings (SSSR count). The van der Waals surface area contributed by atoms with Crippen LogP contribution in [-0.2, 0) is 26.0 Å². The van der Waals surface area contributed by atoms with Crippen molar-refractivity contribution in [1.82, 2.24) is 4.57 Å². The number of rotatable bonds is 4. The molecule has 0 radical (unpaired) electrons. The highest BCUT2D eigenvalue weighted by atomic mass is 16.3. The van der Waals surface area contributed by atoms with Crippen LogP contribution < -0.4 is 5.56 Å². The second-order valence-corrected chi connectivity index (χ2v) is 4.46. The Hall–Kier alpha value is -1.09. The maximum atomic E-state index is 12.1. The molecule has 1 aromatic rings. The molecule has 0 saturated carbocycles. The molecule has 0 spiro atoms. The molecule has 3 nitrogen and oxygen atoms in total. The molecule has 0 bridgehead atoms. The summed E-state index contributed by atoms with van der Waals surface area (Å²) in [6.07, 6.45) is 5.32. The quantitative estimate of drug-likeness (QED) is 0.839. The van der Waals surface area contributed by atoms with Crippen LogP contribution in [0.3, 0.4) is 0 Å². The monoisotopic (exact) mass is 221 g/mol. The van der Waals surface area contributed by atoms with Crippen LogP contribution in [0, 0.1) is 0 Å². The van der Waals surface area contributed by atoms with Gasteiger partial charge in [-0.1, -0.05) is 13.3 Å². The van der Waals surface area contributed by atoms with Gasteiger partial charge in [-0.15, -0.1) is 0 Å². The van der Waals surface area contributed by atoms with Gasteiger partial charge in [-0.2, -0.15) is 0 Å². The first-order valence-electron chi connectivity index (χ1n) is 6.13. The van der Waals surface area contributed by atoms with E-state index in [-0.39, 0.29) is 12.2 Å². The Balaban J connectivity index is 2.47. The van der Waals surface area contributed by atoms with E-state index in [0.717, 1.165) is 38.6 Å². The maximum Gasteiger partial charge on any atom is 0.256 e. The average molecular weight is 221 g/mol. The smallest absolute Gasteiger partial charge is 0.256 e.